The average Bonchev–Trinajstić information content (AvgIpc) is 2.30. The Hall–Kier alpha value is -2.11. The summed E-state index contributed by atoms with van der Waals surface area (Å²) in [5, 5.41) is 0. The van der Waals surface area contributed by atoms with E-state index in [9.17, 15) is 4.39 Å². The molecule has 15 heavy (non-hydrogen) atoms. The second-order valence-corrected chi connectivity index (χ2v) is 2.68. The minimum Gasteiger partial charge on any atom is -0.467 e. The van der Waals surface area contributed by atoms with Crippen molar-refractivity contribution < 1.29 is 9.13 Å². The van der Waals surface area contributed by atoms with E-state index in [1.165, 1.54) is 19.5 Å². The molecule has 0 aliphatic rings. The topological polar surface area (TPSA) is 60.8 Å². The molecule has 2 heterocycles. The van der Waals surface area contributed by atoms with Crippen molar-refractivity contribution in [1.29, 1.82) is 0 Å². The Balaban J connectivity index is 2.33. The van der Waals surface area contributed by atoms with Crippen LogP contribution in [-0.4, -0.2) is 27.0 Å². The van der Waals surface area contributed by atoms with Gasteiger partial charge < -0.3 is 4.74 Å². The molecule has 0 bridgehead atoms. The first-order valence-corrected chi connectivity index (χ1v) is 4.13. The Morgan fingerprint density at radius 2 is 1.60 bits per heavy atom. The summed E-state index contributed by atoms with van der Waals surface area (Å²) in [5.74, 6) is -0.104. The van der Waals surface area contributed by atoms with E-state index in [-0.39, 0.29) is 6.01 Å². The van der Waals surface area contributed by atoms with Gasteiger partial charge in [0, 0.05) is 12.4 Å². The molecular weight excluding hydrogens is 199 g/mol. The van der Waals surface area contributed by atoms with Gasteiger partial charge in [0.15, 0.2) is 11.6 Å². The Labute approximate surface area is 85.0 Å². The van der Waals surface area contributed by atoms with E-state index in [4.69, 9.17) is 4.74 Å². The van der Waals surface area contributed by atoms with E-state index in [1.807, 2.05) is 0 Å². The van der Waals surface area contributed by atoms with Crippen molar-refractivity contribution in [2.24, 2.45) is 0 Å². The van der Waals surface area contributed by atoms with Gasteiger partial charge in [-0.2, -0.15) is 0 Å². The lowest BCUT2D eigenvalue weighted by molar-refractivity contribution is 0.380. The number of aromatic nitrogens is 4. The highest BCUT2D eigenvalue weighted by molar-refractivity contribution is 5.51. The predicted molar refractivity (Wildman–Crippen MR) is 49.6 cm³/mol. The van der Waals surface area contributed by atoms with Crippen LogP contribution in [0.15, 0.2) is 24.8 Å². The number of nitrogens with zero attached hydrogens (tertiary/aromatic N) is 4. The van der Waals surface area contributed by atoms with Crippen molar-refractivity contribution in [3.05, 3.63) is 30.6 Å². The number of ether oxygens (including phenoxy) is 1. The van der Waals surface area contributed by atoms with Crippen LogP contribution in [0.25, 0.3) is 11.4 Å². The van der Waals surface area contributed by atoms with Crippen LogP contribution in [0.4, 0.5) is 4.39 Å². The van der Waals surface area contributed by atoms with Crippen LogP contribution in [0.5, 0.6) is 6.01 Å². The summed E-state index contributed by atoms with van der Waals surface area (Å²) in [5.41, 5.74) is 0.607. The first-order valence-electron chi connectivity index (χ1n) is 4.13. The fraction of sp³-hybridized carbons (Fsp3) is 0.111. The summed E-state index contributed by atoms with van der Waals surface area (Å²) >= 11 is 0. The summed E-state index contributed by atoms with van der Waals surface area (Å²) < 4.78 is 17.3. The van der Waals surface area contributed by atoms with Gasteiger partial charge in [0.1, 0.15) is 0 Å². The maximum Gasteiger partial charge on any atom is 0.316 e. The zero-order valence-electron chi connectivity index (χ0n) is 7.88. The lowest BCUT2D eigenvalue weighted by Crippen LogP contribution is -1.94. The number of hydrogen-bond donors (Lipinski definition) is 0. The predicted octanol–water partition coefficient (Wildman–Crippen LogP) is 1.08. The summed E-state index contributed by atoms with van der Waals surface area (Å²) in [6, 6.07) is 0.265. The van der Waals surface area contributed by atoms with Gasteiger partial charge in [-0.1, -0.05) is 0 Å². The van der Waals surface area contributed by atoms with E-state index in [2.05, 4.69) is 19.9 Å². The van der Waals surface area contributed by atoms with Crippen molar-refractivity contribution in [1.82, 2.24) is 19.9 Å². The van der Waals surface area contributed by atoms with Crippen molar-refractivity contribution in [3.8, 4) is 17.4 Å². The van der Waals surface area contributed by atoms with E-state index in [1.54, 1.807) is 0 Å². The molecule has 0 amide bonds. The number of hydrogen-bond acceptors (Lipinski definition) is 5. The van der Waals surface area contributed by atoms with Crippen LogP contribution >= 0.6 is 0 Å². The molecule has 0 saturated carbocycles. The SMILES string of the molecule is COc1ncc(-c2ncc(F)cn2)cn1. The standard InChI is InChI=1S/C9H7FN4O/c1-15-9-13-2-6(3-14-9)8-11-4-7(10)5-12-8/h2-5H,1H3. The molecule has 76 valence electrons. The molecular formula is C9H7FN4O. The second-order valence-electron chi connectivity index (χ2n) is 2.68. The first-order chi connectivity index (χ1) is 7.29. The van der Waals surface area contributed by atoms with Gasteiger partial charge >= 0.3 is 6.01 Å². The van der Waals surface area contributed by atoms with Crippen LogP contribution in [0.2, 0.25) is 0 Å². The largest absolute Gasteiger partial charge is 0.467 e. The molecule has 2 aromatic heterocycles. The Bertz CT molecular complexity index is 443. The van der Waals surface area contributed by atoms with Crippen LogP contribution in [0, 0.1) is 5.82 Å². The van der Waals surface area contributed by atoms with Gasteiger partial charge in [0.05, 0.1) is 25.1 Å². The van der Waals surface area contributed by atoms with Gasteiger partial charge in [0.25, 0.3) is 0 Å². The van der Waals surface area contributed by atoms with Crippen molar-refractivity contribution in [3.63, 3.8) is 0 Å². The van der Waals surface area contributed by atoms with Crippen molar-refractivity contribution >= 4 is 0 Å². The highest BCUT2D eigenvalue weighted by Crippen LogP contribution is 2.12. The normalized spacial score (nSPS) is 10.0. The third kappa shape index (κ3) is 2.04. The Kier molecular flexibility index (Phi) is 2.49. The molecule has 0 radical (unpaired) electrons. The lowest BCUT2D eigenvalue weighted by atomic mass is 10.3. The maximum absolute atomic E-state index is 12.5. The third-order valence-corrected chi connectivity index (χ3v) is 1.69. The third-order valence-electron chi connectivity index (χ3n) is 1.69. The molecule has 2 rings (SSSR count). The molecule has 0 aromatic carbocycles. The average molecular weight is 206 g/mol. The molecule has 0 atom stereocenters. The van der Waals surface area contributed by atoms with Crippen LogP contribution < -0.4 is 4.74 Å². The lowest BCUT2D eigenvalue weighted by Gasteiger charge is -1.99. The minimum absolute atomic E-state index is 0.265. The zero-order chi connectivity index (χ0) is 10.7. The highest BCUT2D eigenvalue weighted by atomic mass is 19.1. The monoisotopic (exact) mass is 206 g/mol. The fourth-order valence-corrected chi connectivity index (χ4v) is 0.998. The van der Waals surface area contributed by atoms with E-state index in [0.717, 1.165) is 12.4 Å². The molecule has 2 aromatic rings. The molecule has 0 spiro atoms. The van der Waals surface area contributed by atoms with Crippen molar-refractivity contribution in [2.75, 3.05) is 7.11 Å². The van der Waals surface area contributed by atoms with Gasteiger partial charge in [-0.25, -0.2) is 24.3 Å². The second kappa shape index (κ2) is 3.95. The van der Waals surface area contributed by atoms with Gasteiger partial charge in [-0.05, 0) is 0 Å². The fourth-order valence-electron chi connectivity index (χ4n) is 0.998. The molecule has 5 nitrogen and oxygen atoms in total. The molecule has 0 aliphatic carbocycles. The molecule has 0 fully saturated rings. The smallest absolute Gasteiger partial charge is 0.316 e. The zero-order valence-corrected chi connectivity index (χ0v) is 7.88. The summed E-state index contributed by atoms with van der Waals surface area (Å²) in [6.45, 7) is 0. The van der Waals surface area contributed by atoms with Crippen LogP contribution in [-0.2, 0) is 0 Å². The summed E-state index contributed by atoms with van der Waals surface area (Å²) in [6.07, 6.45) is 5.21. The van der Waals surface area contributed by atoms with Crippen LogP contribution in [0.3, 0.4) is 0 Å². The summed E-state index contributed by atoms with van der Waals surface area (Å²) in [7, 11) is 1.48. The quantitative estimate of drug-likeness (QED) is 0.735. The van der Waals surface area contributed by atoms with E-state index >= 15 is 0 Å². The molecule has 0 saturated heterocycles. The van der Waals surface area contributed by atoms with Crippen molar-refractivity contribution in [2.45, 2.75) is 0 Å². The van der Waals surface area contributed by atoms with E-state index < -0.39 is 5.82 Å². The minimum atomic E-state index is -0.479. The first kappa shape index (κ1) is 9.45. The number of halogens is 1. The molecule has 0 N–H and O–H groups in total. The van der Waals surface area contributed by atoms with Gasteiger partial charge in [0.2, 0.25) is 0 Å². The van der Waals surface area contributed by atoms with Crippen LogP contribution in [0.1, 0.15) is 0 Å². The summed E-state index contributed by atoms with van der Waals surface area (Å²) in [4.78, 5) is 15.4. The Morgan fingerprint density at radius 1 is 1.00 bits per heavy atom. The number of rotatable bonds is 2. The van der Waals surface area contributed by atoms with Gasteiger partial charge in [-0.15, -0.1) is 0 Å². The molecule has 6 heteroatoms. The maximum atomic E-state index is 12.5. The van der Waals surface area contributed by atoms with E-state index in [0.29, 0.717) is 11.4 Å². The number of methoxy groups -OCH3 is 1. The highest BCUT2D eigenvalue weighted by Gasteiger charge is 2.03. The van der Waals surface area contributed by atoms with Gasteiger partial charge in [-0.3, -0.25) is 0 Å². The molecule has 0 aliphatic heterocycles. The Morgan fingerprint density at radius 3 is 2.13 bits per heavy atom. The molecule has 0 unspecified atom stereocenters.